The summed E-state index contributed by atoms with van der Waals surface area (Å²) in [6.45, 7) is 14.1. The van der Waals surface area contributed by atoms with E-state index in [1.54, 1.807) is 0 Å². The monoisotopic (exact) mass is 452 g/mol. The Morgan fingerprint density at radius 1 is 1.15 bits per heavy atom. The number of rotatable bonds is 8. The van der Waals surface area contributed by atoms with Gasteiger partial charge in [-0.05, 0) is 35.8 Å². The molecule has 1 aromatic carbocycles. The Balaban J connectivity index is 2.08. The van der Waals surface area contributed by atoms with Crippen LogP contribution in [-0.2, 0) is 29.1 Å². The summed E-state index contributed by atoms with van der Waals surface area (Å²) in [6.07, 6.45) is 3.41. The number of carbonyl (C=O) groups is 2. The first-order valence-electron chi connectivity index (χ1n) is 12.4. The maximum atomic E-state index is 13.9. The number of amides is 1. The Morgan fingerprint density at radius 2 is 1.85 bits per heavy atom. The predicted octanol–water partition coefficient (Wildman–Crippen LogP) is 5.79. The van der Waals surface area contributed by atoms with Crippen LogP contribution < -0.4 is 5.32 Å². The van der Waals surface area contributed by atoms with Crippen LogP contribution in [-0.4, -0.2) is 28.9 Å². The van der Waals surface area contributed by atoms with Gasteiger partial charge in [0.05, 0.1) is 29.6 Å². The minimum absolute atomic E-state index is 0.0838. The molecule has 5 nitrogen and oxygen atoms in total. The third-order valence-electron chi connectivity index (χ3n) is 6.64. The summed E-state index contributed by atoms with van der Waals surface area (Å²) < 4.78 is 8.15. The van der Waals surface area contributed by atoms with Crippen LogP contribution in [0.1, 0.15) is 82.4 Å². The third-order valence-corrected chi connectivity index (χ3v) is 6.64. The molecule has 1 aliphatic rings. The van der Waals surface area contributed by atoms with Gasteiger partial charge in [0.2, 0.25) is 0 Å². The molecule has 0 aliphatic carbocycles. The number of carbonyl (C=O) groups excluding carboxylic acids is 2. The number of hydrogen-bond donors (Lipinski definition) is 1. The molecule has 5 heteroatoms. The van der Waals surface area contributed by atoms with E-state index in [2.05, 4.69) is 35.9 Å². The van der Waals surface area contributed by atoms with E-state index < -0.39 is 6.04 Å². The summed E-state index contributed by atoms with van der Waals surface area (Å²) in [7, 11) is 0. The lowest BCUT2D eigenvalue weighted by Gasteiger charge is -2.32. The molecule has 0 spiro atoms. The van der Waals surface area contributed by atoms with E-state index in [9.17, 15) is 9.59 Å². The van der Waals surface area contributed by atoms with Crippen molar-refractivity contribution in [2.24, 2.45) is 11.3 Å². The van der Waals surface area contributed by atoms with Gasteiger partial charge in [-0.1, -0.05) is 78.3 Å². The lowest BCUT2D eigenvalue weighted by Crippen LogP contribution is -2.51. The average Bonchev–Trinajstić information content (AvgIpc) is 2.91. The van der Waals surface area contributed by atoms with E-state index in [-0.39, 0.29) is 23.0 Å². The van der Waals surface area contributed by atoms with Crippen LogP contribution in [0.3, 0.4) is 0 Å². The normalized spacial score (nSPS) is 15.9. The fourth-order valence-corrected chi connectivity index (χ4v) is 4.93. The van der Waals surface area contributed by atoms with Gasteiger partial charge in [-0.15, -0.1) is 0 Å². The number of aromatic nitrogens is 1. The molecule has 0 saturated heterocycles. The van der Waals surface area contributed by atoms with Crippen LogP contribution in [0.4, 0.5) is 0 Å². The van der Waals surface area contributed by atoms with Gasteiger partial charge in [-0.3, -0.25) is 9.59 Å². The molecule has 1 aliphatic heterocycles. The number of benzene rings is 1. The SMILES string of the molecule is CCCC(C)C(=O)C(NC(=O)c1c(CC)c(-c2ccccc2)n2c1COCCC2)C(C)(C)C. The summed E-state index contributed by atoms with van der Waals surface area (Å²) in [4.78, 5) is 27.2. The second kappa shape index (κ2) is 10.7. The van der Waals surface area contributed by atoms with Gasteiger partial charge in [-0.25, -0.2) is 0 Å². The molecule has 3 rings (SSSR count). The predicted molar refractivity (Wildman–Crippen MR) is 133 cm³/mol. The van der Waals surface area contributed by atoms with Gasteiger partial charge in [0.25, 0.3) is 5.91 Å². The zero-order valence-electron chi connectivity index (χ0n) is 21.2. The minimum Gasteiger partial charge on any atom is -0.375 e. The first-order chi connectivity index (χ1) is 15.7. The first-order valence-corrected chi connectivity index (χ1v) is 12.4. The number of fused-ring (bicyclic) bond motifs is 1. The molecule has 1 aromatic heterocycles. The van der Waals surface area contributed by atoms with E-state index in [1.807, 2.05) is 45.9 Å². The molecule has 1 amide bonds. The van der Waals surface area contributed by atoms with Gasteiger partial charge in [0.15, 0.2) is 5.78 Å². The molecule has 2 heterocycles. The van der Waals surface area contributed by atoms with Crippen molar-refractivity contribution < 1.29 is 14.3 Å². The first kappa shape index (κ1) is 25.2. The summed E-state index contributed by atoms with van der Waals surface area (Å²) in [5, 5.41) is 3.17. The molecule has 33 heavy (non-hydrogen) atoms. The van der Waals surface area contributed by atoms with E-state index in [4.69, 9.17) is 4.74 Å². The largest absolute Gasteiger partial charge is 0.375 e. The molecule has 180 valence electrons. The van der Waals surface area contributed by atoms with Crippen molar-refractivity contribution in [3.63, 3.8) is 0 Å². The Labute approximate surface area is 198 Å². The van der Waals surface area contributed by atoms with Gasteiger partial charge in [0, 0.05) is 19.1 Å². The number of hydrogen-bond acceptors (Lipinski definition) is 3. The number of nitrogens with one attached hydrogen (secondary N) is 1. The Morgan fingerprint density at radius 3 is 2.45 bits per heavy atom. The van der Waals surface area contributed by atoms with Crippen LogP contribution in [0.15, 0.2) is 30.3 Å². The number of nitrogens with zero attached hydrogens (tertiary/aromatic N) is 1. The molecule has 0 bridgehead atoms. The van der Waals surface area contributed by atoms with Gasteiger partial charge >= 0.3 is 0 Å². The Bertz CT molecular complexity index is 969. The molecular formula is C28H40N2O3. The number of ketones is 1. The molecule has 2 aromatic rings. The van der Waals surface area contributed by atoms with Crippen molar-refractivity contribution in [1.29, 1.82) is 0 Å². The van der Waals surface area contributed by atoms with E-state index in [1.165, 1.54) is 0 Å². The van der Waals surface area contributed by atoms with Crippen molar-refractivity contribution in [2.75, 3.05) is 6.61 Å². The standard InChI is InChI=1S/C28H40N2O3/c1-7-13-19(3)25(31)26(28(4,5)6)29-27(32)23-21(8-2)24(20-14-10-9-11-15-20)30-16-12-17-33-18-22(23)30/h9-11,14-15,19,26H,7-8,12-13,16-18H2,1-6H3,(H,29,32). The fourth-order valence-electron chi connectivity index (χ4n) is 4.93. The number of ether oxygens (including phenoxy) is 1. The summed E-state index contributed by atoms with van der Waals surface area (Å²) in [5.41, 5.74) is 4.46. The topological polar surface area (TPSA) is 60.3 Å². The van der Waals surface area contributed by atoms with Crippen LogP contribution in [0, 0.1) is 11.3 Å². The molecule has 2 atom stereocenters. The Hall–Kier alpha value is -2.40. The smallest absolute Gasteiger partial charge is 0.254 e. The van der Waals surface area contributed by atoms with Crippen LogP contribution in [0.5, 0.6) is 0 Å². The second-order valence-corrected chi connectivity index (χ2v) is 10.3. The lowest BCUT2D eigenvalue weighted by molar-refractivity contribution is -0.126. The average molecular weight is 453 g/mol. The van der Waals surface area contributed by atoms with E-state index >= 15 is 0 Å². The molecule has 0 saturated carbocycles. The minimum atomic E-state index is -0.543. The third kappa shape index (κ3) is 5.40. The van der Waals surface area contributed by atoms with E-state index in [0.29, 0.717) is 18.8 Å². The molecule has 0 fully saturated rings. The Kier molecular flexibility index (Phi) is 8.17. The van der Waals surface area contributed by atoms with Crippen molar-refractivity contribution in [3.8, 4) is 11.3 Å². The highest BCUT2D eigenvalue weighted by Crippen LogP contribution is 2.35. The maximum Gasteiger partial charge on any atom is 0.254 e. The highest BCUT2D eigenvalue weighted by atomic mass is 16.5. The summed E-state index contributed by atoms with van der Waals surface area (Å²) >= 11 is 0. The summed E-state index contributed by atoms with van der Waals surface area (Å²) in [6, 6.07) is 9.73. The van der Waals surface area contributed by atoms with Gasteiger partial charge < -0.3 is 14.6 Å². The molecule has 1 N–H and O–H groups in total. The highest BCUT2D eigenvalue weighted by molar-refractivity contribution is 6.02. The zero-order valence-corrected chi connectivity index (χ0v) is 21.2. The number of Topliss-reactive ketones (excluding diaryl/α,β-unsaturated/α-hetero) is 1. The lowest BCUT2D eigenvalue weighted by atomic mass is 9.79. The van der Waals surface area contributed by atoms with Gasteiger partial charge in [-0.2, -0.15) is 0 Å². The van der Waals surface area contributed by atoms with Crippen molar-refractivity contribution in [3.05, 3.63) is 47.2 Å². The van der Waals surface area contributed by atoms with Gasteiger partial charge in [0.1, 0.15) is 0 Å². The van der Waals surface area contributed by atoms with Crippen LogP contribution in [0.25, 0.3) is 11.3 Å². The molecule has 2 unspecified atom stereocenters. The highest BCUT2D eigenvalue weighted by Gasteiger charge is 2.37. The van der Waals surface area contributed by atoms with Crippen LogP contribution >= 0.6 is 0 Å². The fraction of sp³-hybridized carbons (Fsp3) is 0.571. The van der Waals surface area contributed by atoms with Crippen molar-refractivity contribution in [1.82, 2.24) is 9.88 Å². The van der Waals surface area contributed by atoms with E-state index in [0.717, 1.165) is 54.7 Å². The zero-order chi connectivity index (χ0) is 24.2. The van der Waals surface area contributed by atoms with Crippen molar-refractivity contribution >= 4 is 11.7 Å². The quantitative estimate of drug-likeness (QED) is 0.552. The van der Waals surface area contributed by atoms with Crippen LogP contribution in [0.2, 0.25) is 0 Å². The maximum absolute atomic E-state index is 13.9. The second-order valence-electron chi connectivity index (χ2n) is 10.3. The molecule has 0 radical (unpaired) electrons. The molecular weight excluding hydrogens is 412 g/mol. The summed E-state index contributed by atoms with van der Waals surface area (Å²) in [5.74, 6) is -0.139. The van der Waals surface area contributed by atoms with Crippen molar-refractivity contribution in [2.45, 2.75) is 86.4 Å².